The van der Waals surface area contributed by atoms with Crippen LogP contribution in [0.25, 0.3) is 10.9 Å². The fourth-order valence-electron chi connectivity index (χ4n) is 3.20. The molecule has 0 saturated carbocycles. The number of carbonyl (C=O) groups is 2. The predicted octanol–water partition coefficient (Wildman–Crippen LogP) is 2.35. The minimum atomic E-state index is -0.0977. The average Bonchev–Trinajstić information content (AvgIpc) is 2.96. The molecule has 5 nitrogen and oxygen atoms in total. The van der Waals surface area contributed by atoms with Gasteiger partial charge < -0.3 is 15.2 Å². The highest BCUT2D eigenvalue weighted by Crippen LogP contribution is 2.24. The summed E-state index contributed by atoms with van der Waals surface area (Å²) in [5.74, 6) is -0.0156. The summed E-state index contributed by atoms with van der Waals surface area (Å²) in [6.07, 6.45) is 3.91. The third kappa shape index (κ3) is 3.34. The molecule has 1 aliphatic heterocycles. The van der Waals surface area contributed by atoms with Crippen molar-refractivity contribution in [1.82, 2.24) is 15.2 Å². The topological polar surface area (TPSA) is 65.2 Å². The van der Waals surface area contributed by atoms with Crippen LogP contribution in [0, 0.1) is 5.92 Å². The minimum absolute atomic E-state index is 0.0178. The first kappa shape index (κ1) is 15.9. The zero-order valence-corrected chi connectivity index (χ0v) is 13.8. The van der Waals surface area contributed by atoms with Gasteiger partial charge in [-0.05, 0) is 30.5 Å². The standard InChI is InChI=1S/C17H20ClN3O2/c1-19-17(23)11-3-2-6-21(10-11)16(22)7-12-9-20-15-8-13(18)4-5-14(12)15/h4-5,8-9,11,20H,2-3,6-7,10H2,1H3,(H,19,23). The Morgan fingerprint density at radius 1 is 1.43 bits per heavy atom. The Kier molecular flexibility index (Phi) is 4.57. The number of rotatable bonds is 3. The highest BCUT2D eigenvalue weighted by molar-refractivity contribution is 6.31. The van der Waals surface area contributed by atoms with Crippen molar-refractivity contribution >= 4 is 34.3 Å². The van der Waals surface area contributed by atoms with Gasteiger partial charge >= 0.3 is 0 Å². The molecule has 1 aromatic heterocycles. The lowest BCUT2D eigenvalue weighted by Crippen LogP contribution is -2.45. The van der Waals surface area contributed by atoms with Gasteiger partial charge in [0, 0.05) is 42.3 Å². The lowest BCUT2D eigenvalue weighted by molar-refractivity contribution is -0.135. The molecule has 1 aliphatic rings. The molecule has 2 heterocycles. The van der Waals surface area contributed by atoms with Crippen molar-refractivity contribution in [1.29, 1.82) is 0 Å². The third-order valence-corrected chi connectivity index (χ3v) is 4.70. The van der Waals surface area contributed by atoms with Gasteiger partial charge in [-0.15, -0.1) is 0 Å². The number of halogens is 1. The van der Waals surface area contributed by atoms with Gasteiger partial charge in [0.1, 0.15) is 0 Å². The second-order valence-electron chi connectivity index (χ2n) is 5.97. The first-order valence-corrected chi connectivity index (χ1v) is 8.21. The van der Waals surface area contributed by atoms with E-state index in [4.69, 9.17) is 11.6 Å². The van der Waals surface area contributed by atoms with Crippen LogP contribution in [0.1, 0.15) is 18.4 Å². The molecular weight excluding hydrogens is 314 g/mol. The molecular formula is C17H20ClN3O2. The van der Waals surface area contributed by atoms with Gasteiger partial charge in [-0.2, -0.15) is 0 Å². The van der Waals surface area contributed by atoms with Crippen LogP contribution >= 0.6 is 11.6 Å². The summed E-state index contributed by atoms with van der Waals surface area (Å²) in [6, 6.07) is 5.61. The molecule has 122 valence electrons. The van der Waals surface area contributed by atoms with E-state index in [0.29, 0.717) is 18.0 Å². The molecule has 0 bridgehead atoms. The van der Waals surface area contributed by atoms with Crippen LogP contribution in [-0.4, -0.2) is 41.8 Å². The Morgan fingerprint density at radius 2 is 2.26 bits per heavy atom. The summed E-state index contributed by atoms with van der Waals surface area (Å²) < 4.78 is 0. The number of likely N-dealkylation sites (tertiary alicyclic amines) is 1. The molecule has 1 atom stereocenters. The van der Waals surface area contributed by atoms with Crippen molar-refractivity contribution < 1.29 is 9.59 Å². The van der Waals surface area contributed by atoms with Gasteiger partial charge in [-0.3, -0.25) is 9.59 Å². The van der Waals surface area contributed by atoms with Crippen LogP contribution in [0.5, 0.6) is 0 Å². The molecule has 1 fully saturated rings. The normalized spacial score (nSPS) is 18.2. The van der Waals surface area contributed by atoms with Crippen LogP contribution in [-0.2, 0) is 16.0 Å². The van der Waals surface area contributed by atoms with E-state index in [-0.39, 0.29) is 17.7 Å². The Hall–Kier alpha value is -2.01. The molecule has 6 heteroatoms. The molecule has 2 amide bonds. The third-order valence-electron chi connectivity index (χ3n) is 4.46. The summed E-state index contributed by atoms with van der Waals surface area (Å²) in [4.78, 5) is 29.3. The maximum absolute atomic E-state index is 12.6. The summed E-state index contributed by atoms with van der Waals surface area (Å²) in [6.45, 7) is 1.23. The largest absolute Gasteiger partial charge is 0.361 e. The molecule has 3 rings (SSSR count). The highest BCUT2D eigenvalue weighted by Gasteiger charge is 2.28. The van der Waals surface area contributed by atoms with E-state index in [0.717, 1.165) is 35.9 Å². The number of nitrogens with zero attached hydrogens (tertiary/aromatic N) is 1. The van der Waals surface area contributed by atoms with Gasteiger partial charge in [-0.1, -0.05) is 17.7 Å². The van der Waals surface area contributed by atoms with Crippen LogP contribution in [0.15, 0.2) is 24.4 Å². The maximum atomic E-state index is 12.6. The summed E-state index contributed by atoms with van der Waals surface area (Å²) >= 11 is 5.98. The number of hydrogen-bond acceptors (Lipinski definition) is 2. The van der Waals surface area contributed by atoms with Crippen molar-refractivity contribution in [3.63, 3.8) is 0 Å². The van der Waals surface area contributed by atoms with E-state index in [1.165, 1.54) is 0 Å². The van der Waals surface area contributed by atoms with Crippen molar-refractivity contribution in [3.8, 4) is 0 Å². The van der Waals surface area contributed by atoms with Crippen LogP contribution in [0.3, 0.4) is 0 Å². The van der Waals surface area contributed by atoms with Gasteiger partial charge in [0.15, 0.2) is 0 Å². The van der Waals surface area contributed by atoms with Gasteiger partial charge in [-0.25, -0.2) is 0 Å². The zero-order chi connectivity index (χ0) is 16.4. The molecule has 0 radical (unpaired) electrons. The van der Waals surface area contributed by atoms with E-state index in [2.05, 4.69) is 10.3 Å². The van der Waals surface area contributed by atoms with Gasteiger partial charge in [0.25, 0.3) is 0 Å². The van der Waals surface area contributed by atoms with E-state index >= 15 is 0 Å². The van der Waals surface area contributed by atoms with Crippen molar-refractivity contribution in [2.45, 2.75) is 19.3 Å². The summed E-state index contributed by atoms with van der Waals surface area (Å²) in [7, 11) is 1.64. The second-order valence-corrected chi connectivity index (χ2v) is 6.41. The Bertz CT molecular complexity index is 741. The van der Waals surface area contributed by atoms with Gasteiger partial charge in [0.05, 0.1) is 12.3 Å². The van der Waals surface area contributed by atoms with Gasteiger partial charge in [0.2, 0.25) is 11.8 Å². The smallest absolute Gasteiger partial charge is 0.227 e. The monoisotopic (exact) mass is 333 g/mol. The molecule has 1 unspecified atom stereocenters. The summed E-state index contributed by atoms with van der Waals surface area (Å²) in [5.41, 5.74) is 1.89. The van der Waals surface area contributed by atoms with Crippen LogP contribution in [0.2, 0.25) is 5.02 Å². The number of hydrogen-bond donors (Lipinski definition) is 2. The van der Waals surface area contributed by atoms with E-state index in [9.17, 15) is 9.59 Å². The molecule has 1 saturated heterocycles. The van der Waals surface area contributed by atoms with Crippen molar-refractivity contribution in [3.05, 3.63) is 35.0 Å². The Balaban J connectivity index is 1.71. The number of amides is 2. The number of H-pyrrole nitrogens is 1. The quantitative estimate of drug-likeness (QED) is 0.905. The Morgan fingerprint density at radius 3 is 3.04 bits per heavy atom. The number of nitrogens with one attached hydrogen (secondary N) is 2. The molecule has 1 aromatic carbocycles. The Labute approximate surface area is 140 Å². The van der Waals surface area contributed by atoms with Crippen LogP contribution in [0.4, 0.5) is 0 Å². The highest BCUT2D eigenvalue weighted by atomic mass is 35.5. The molecule has 0 aliphatic carbocycles. The first-order chi connectivity index (χ1) is 11.1. The number of benzene rings is 1. The predicted molar refractivity (Wildman–Crippen MR) is 90.4 cm³/mol. The van der Waals surface area contributed by atoms with E-state index < -0.39 is 0 Å². The number of piperidine rings is 1. The number of carbonyl (C=O) groups excluding carboxylic acids is 2. The molecule has 23 heavy (non-hydrogen) atoms. The molecule has 0 spiro atoms. The van der Waals surface area contributed by atoms with Crippen molar-refractivity contribution in [2.75, 3.05) is 20.1 Å². The maximum Gasteiger partial charge on any atom is 0.227 e. The number of fused-ring (bicyclic) bond motifs is 1. The number of aromatic amines is 1. The lowest BCUT2D eigenvalue weighted by Gasteiger charge is -2.31. The minimum Gasteiger partial charge on any atom is -0.361 e. The second kappa shape index (κ2) is 6.62. The first-order valence-electron chi connectivity index (χ1n) is 7.83. The SMILES string of the molecule is CNC(=O)C1CCCN(C(=O)Cc2c[nH]c3cc(Cl)ccc23)C1. The average molecular weight is 334 g/mol. The molecule has 2 aromatic rings. The lowest BCUT2D eigenvalue weighted by atomic mass is 9.96. The fraction of sp³-hybridized carbons (Fsp3) is 0.412. The zero-order valence-electron chi connectivity index (χ0n) is 13.1. The summed E-state index contributed by atoms with van der Waals surface area (Å²) in [5, 5.41) is 4.36. The fourth-order valence-corrected chi connectivity index (χ4v) is 3.37. The van der Waals surface area contributed by atoms with E-state index in [1.54, 1.807) is 11.9 Å². The molecule has 2 N–H and O–H groups in total. The van der Waals surface area contributed by atoms with Crippen LogP contribution < -0.4 is 5.32 Å². The number of aromatic nitrogens is 1. The van der Waals surface area contributed by atoms with E-state index in [1.807, 2.05) is 24.4 Å². The van der Waals surface area contributed by atoms with Crippen molar-refractivity contribution in [2.24, 2.45) is 5.92 Å².